The third-order valence-electron chi connectivity index (χ3n) is 2.97. The molecule has 0 atom stereocenters. The van der Waals surface area contributed by atoms with E-state index in [1.54, 1.807) is 12.1 Å². The van der Waals surface area contributed by atoms with Crippen molar-refractivity contribution in [2.45, 2.75) is 13.8 Å². The fourth-order valence-electron chi connectivity index (χ4n) is 2.12. The highest BCUT2D eigenvalue weighted by atomic mass is 35.5. The average Bonchev–Trinajstić information content (AvgIpc) is 2.39. The molecule has 0 amide bonds. The van der Waals surface area contributed by atoms with Gasteiger partial charge in [0.05, 0.1) is 17.2 Å². The predicted octanol–water partition coefficient (Wildman–Crippen LogP) is 4.85. The lowest BCUT2D eigenvalue weighted by molar-refractivity contribution is 0.103. The van der Waals surface area contributed by atoms with Gasteiger partial charge in [-0.1, -0.05) is 40.4 Å². The van der Waals surface area contributed by atoms with Crippen molar-refractivity contribution >= 4 is 29.0 Å². The average molecular weight is 309 g/mol. The van der Waals surface area contributed by atoms with Gasteiger partial charge in [0.1, 0.15) is 5.75 Å². The van der Waals surface area contributed by atoms with E-state index in [-0.39, 0.29) is 5.78 Å². The second-order valence-electron chi connectivity index (χ2n) is 4.67. The largest absolute Gasteiger partial charge is 0.495 e. The van der Waals surface area contributed by atoms with Crippen molar-refractivity contribution in [3.8, 4) is 5.75 Å². The Morgan fingerprint density at radius 3 is 2.10 bits per heavy atom. The van der Waals surface area contributed by atoms with Crippen molar-refractivity contribution in [1.82, 2.24) is 0 Å². The van der Waals surface area contributed by atoms with E-state index < -0.39 is 0 Å². The number of methoxy groups -OCH3 is 1. The van der Waals surface area contributed by atoms with Gasteiger partial charge in [-0.25, -0.2) is 0 Å². The topological polar surface area (TPSA) is 26.3 Å². The molecule has 0 spiro atoms. The molecule has 0 aliphatic heterocycles. The van der Waals surface area contributed by atoms with Gasteiger partial charge in [-0.15, -0.1) is 0 Å². The lowest BCUT2D eigenvalue weighted by Gasteiger charge is -2.09. The van der Waals surface area contributed by atoms with Crippen molar-refractivity contribution in [1.29, 1.82) is 0 Å². The summed E-state index contributed by atoms with van der Waals surface area (Å²) in [4.78, 5) is 12.5. The third kappa shape index (κ3) is 2.97. The van der Waals surface area contributed by atoms with Crippen molar-refractivity contribution in [3.63, 3.8) is 0 Å². The second kappa shape index (κ2) is 5.86. The fraction of sp³-hybridized carbons (Fsp3) is 0.188. The van der Waals surface area contributed by atoms with E-state index in [4.69, 9.17) is 27.9 Å². The molecular formula is C16H14Cl2O2. The summed E-state index contributed by atoms with van der Waals surface area (Å²) in [5.41, 5.74) is 3.04. The van der Waals surface area contributed by atoms with Crippen LogP contribution >= 0.6 is 23.2 Å². The Kier molecular flexibility index (Phi) is 4.36. The number of carbonyl (C=O) groups is 1. The van der Waals surface area contributed by atoms with Gasteiger partial charge in [0, 0.05) is 17.2 Å². The number of benzene rings is 2. The second-order valence-corrected chi connectivity index (χ2v) is 5.49. The molecule has 0 saturated heterocycles. The number of carbonyl (C=O) groups excluding carboxylic acids is 1. The van der Waals surface area contributed by atoms with Crippen LogP contribution in [0.25, 0.3) is 0 Å². The van der Waals surface area contributed by atoms with Crippen LogP contribution < -0.4 is 4.74 Å². The van der Waals surface area contributed by atoms with Gasteiger partial charge >= 0.3 is 0 Å². The number of rotatable bonds is 3. The highest BCUT2D eigenvalue weighted by molar-refractivity contribution is 6.37. The fourth-order valence-corrected chi connectivity index (χ4v) is 2.60. The summed E-state index contributed by atoms with van der Waals surface area (Å²) < 4.78 is 5.08. The molecule has 0 fully saturated rings. The summed E-state index contributed by atoms with van der Waals surface area (Å²) in [5.74, 6) is 0.306. The van der Waals surface area contributed by atoms with Crippen LogP contribution in [-0.2, 0) is 0 Å². The number of halogens is 2. The molecule has 0 N–H and O–H groups in total. The smallest absolute Gasteiger partial charge is 0.194 e. The zero-order valence-electron chi connectivity index (χ0n) is 11.5. The van der Waals surface area contributed by atoms with Crippen LogP contribution in [0, 0.1) is 13.8 Å². The lowest BCUT2D eigenvalue weighted by atomic mass is 9.99. The number of hydrogen-bond donors (Lipinski definition) is 0. The molecule has 0 unspecified atom stereocenters. The summed E-state index contributed by atoms with van der Waals surface area (Å²) in [7, 11) is 1.50. The van der Waals surface area contributed by atoms with Crippen molar-refractivity contribution in [3.05, 3.63) is 62.6 Å². The SMILES string of the molecule is COc1cc(Cl)c(C(=O)c2cc(C)cc(C)c2)cc1Cl. The monoisotopic (exact) mass is 308 g/mol. The molecule has 0 aliphatic rings. The maximum Gasteiger partial charge on any atom is 0.194 e. The highest BCUT2D eigenvalue weighted by Gasteiger charge is 2.16. The Hall–Kier alpha value is -1.51. The van der Waals surface area contributed by atoms with E-state index in [0.717, 1.165) is 11.1 Å². The summed E-state index contributed by atoms with van der Waals surface area (Å²) in [5, 5.41) is 0.694. The molecule has 0 aromatic heterocycles. The molecule has 20 heavy (non-hydrogen) atoms. The zero-order chi connectivity index (χ0) is 14.9. The van der Waals surface area contributed by atoms with Gasteiger partial charge in [0.2, 0.25) is 0 Å². The molecule has 2 aromatic carbocycles. The zero-order valence-corrected chi connectivity index (χ0v) is 13.0. The van der Waals surface area contributed by atoms with Crippen LogP contribution in [0.1, 0.15) is 27.0 Å². The van der Waals surface area contributed by atoms with Crippen molar-refractivity contribution < 1.29 is 9.53 Å². The highest BCUT2D eigenvalue weighted by Crippen LogP contribution is 2.32. The summed E-state index contributed by atoms with van der Waals surface area (Å²) in [6.07, 6.45) is 0. The Labute approximate surface area is 128 Å². The third-order valence-corrected chi connectivity index (χ3v) is 3.58. The van der Waals surface area contributed by atoms with Crippen LogP contribution in [0.5, 0.6) is 5.75 Å². The minimum Gasteiger partial charge on any atom is -0.495 e. The quantitative estimate of drug-likeness (QED) is 0.758. The maximum absolute atomic E-state index is 12.5. The minimum atomic E-state index is -0.147. The van der Waals surface area contributed by atoms with E-state index in [1.165, 1.54) is 7.11 Å². The molecular weight excluding hydrogens is 295 g/mol. The number of aryl methyl sites for hydroxylation is 2. The summed E-state index contributed by atoms with van der Waals surface area (Å²) in [6.45, 7) is 3.90. The number of hydrogen-bond acceptors (Lipinski definition) is 2. The van der Waals surface area contributed by atoms with Gasteiger partial charge in [0.25, 0.3) is 0 Å². The summed E-state index contributed by atoms with van der Waals surface area (Å²) in [6, 6.07) is 8.79. The first-order chi connectivity index (χ1) is 9.42. The normalized spacial score (nSPS) is 10.4. The molecule has 2 nitrogen and oxygen atoms in total. The van der Waals surface area contributed by atoms with E-state index in [9.17, 15) is 4.79 Å². The van der Waals surface area contributed by atoms with Crippen LogP contribution in [0.15, 0.2) is 30.3 Å². The maximum atomic E-state index is 12.5. The Morgan fingerprint density at radius 2 is 1.55 bits per heavy atom. The van der Waals surface area contributed by atoms with Gasteiger partial charge in [0.15, 0.2) is 5.78 Å². The van der Waals surface area contributed by atoms with E-state index in [1.807, 2.05) is 32.0 Å². The molecule has 0 saturated carbocycles. The first kappa shape index (κ1) is 14.9. The Morgan fingerprint density at radius 1 is 0.950 bits per heavy atom. The summed E-state index contributed by atoms with van der Waals surface area (Å²) >= 11 is 12.2. The van der Waals surface area contributed by atoms with Crippen molar-refractivity contribution in [2.75, 3.05) is 7.11 Å². The van der Waals surface area contributed by atoms with Crippen LogP contribution in [-0.4, -0.2) is 12.9 Å². The number of ketones is 1. The lowest BCUT2D eigenvalue weighted by Crippen LogP contribution is -2.04. The van der Waals surface area contributed by atoms with Crippen LogP contribution in [0.2, 0.25) is 10.0 Å². The van der Waals surface area contributed by atoms with Crippen LogP contribution in [0.4, 0.5) is 0 Å². The minimum absolute atomic E-state index is 0.147. The van der Waals surface area contributed by atoms with Gasteiger partial charge in [-0.05, 0) is 32.0 Å². The molecule has 0 aliphatic carbocycles. The molecule has 2 rings (SSSR count). The van der Waals surface area contributed by atoms with Crippen molar-refractivity contribution in [2.24, 2.45) is 0 Å². The van der Waals surface area contributed by atoms with Gasteiger partial charge in [-0.2, -0.15) is 0 Å². The molecule has 4 heteroatoms. The predicted molar refractivity (Wildman–Crippen MR) is 82.4 cm³/mol. The molecule has 2 aromatic rings. The molecule has 0 bridgehead atoms. The number of ether oxygens (including phenoxy) is 1. The van der Waals surface area contributed by atoms with E-state index >= 15 is 0 Å². The Bertz CT molecular complexity index is 658. The molecule has 0 radical (unpaired) electrons. The molecule has 0 heterocycles. The van der Waals surface area contributed by atoms with Crippen LogP contribution in [0.3, 0.4) is 0 Å². The first-order valence-electron chi connectivity index (χ1n) is 6.08. The van der Waals surface area contributed by atoms with Gasteiger partial charge in [-0.3, -0.25) is 4.79 Å². The molecule has 104 valence electrons. The first-order valence-corrected chi connectivity index (χ1v) is 6.84. The standard InChI is InChI=1S/C16H14Cl2O2/c1-9-4-10(2)6-11(5-9)16(19)12-7-14(18)15(20-3)8-13(12)17/h4-8H,1-3H3. The van der Waals surface area contributed by atoms with Gasteiger partial charge < -0.3 is 4.74 Å². The Balaban J connectivity index is 2.50. The van der Waals surface area contributed by atoms with E-state index in [0.29, 0.717) is 26.9 Å². The van der Waals surface area contributed by atoms with E-state index in [2.05, 4.69) is 0 Å².